The zero-order valence-corrected chi connectivity index (χ0v) is 10.6. The van der Waals surface area contributed by atoms with Crippen LogP contribution in [0.4, 0.5) is 0 Å². The van der Waals surface area contributed by atoms with Crippen LogP contribution >= 0.6 is 23.2 Å². The molecule has 4 N–H and O–H groups in total. The number of hydrogen-bond acceptors (Lipinski definition) is 7. The second-order valence-electron chi connectivity index (χ2n) is 3.07. The smallest absolute Gasteiger partial charge is 0.196 e. The molecule has 94 valence electrons. The minimum Gasteiger partial charge on any atom is -0.403 e. The van der Waals surface area contributed by atoms with Crippen molar-refractivity contribution in [3.63, 3.8) is 0 Å². The van der Waals surface area contributed by atoms with E-state index in [0.29, 0.717) is 0 Å². The summed E-state index contributed by atoms with van der Waals surface area (Å²) in [5.74, 6) is 0. The number of rotatable bonds is 3. The summed E-state index contributed by atoms with van der Waals surface area (Å²) in [5.41, 5.74) is 4.90. The van der Waals surface area contributed by atoms with Crippen LogP contribution in [0.5, 0.6) is 0 Å². The van der Waals surface area contributed by atoms with Crippen molar-refractivity contribution in [1.82, 2.24) is 10.6 Å². The normalized spacial score (nSPS) is 24.6. The molecule has 0 saturated carbocycles. The maximum atomic E-state index is 8.85. The largest absolute Gasteiger partial charge is 0.403 e. The van der Waals surface area contributed by atoms with E-state index in [4.69, 9.17) is 39.5 Å². The fourth-order valence-corrected chi connectivity index (χ4v) is 1.64. The molecule has 0 saturated heterocycles. The van der Waals surface area contributed by atoms with E-state index in [0.717, 1.165) is 6.20 Å². The Labute approximate surface area is 114 Å². The monoisotopic (exact) mass is 285 g/mol. The van der Waals surface area contributed by atoms with Gasteiger partial charge in [-0.25, -0.2) is 15.3 Å². The molecule has 9 heteroatoms. The first-order valence-electron chi connectivity index (χ1n) is 4.76. The molecule has 18 heavy (non-hydrogen) atoms. The number of halogens is 2. The molecule has 0 aromatic carbocycles. The number of alkyl halides is 1. The molecule has 0 fully saturated rings. The van der Waals surface area contributed by atoms with Crippen molar-refractivity contribution in [3.8, 4) is 12.1 Å². The lowest BCUT2D eigenvalue weighted by Crippen LogP contribution is -2.50. The molecule has 0 spiro atoms. The molecule has 2 unspecified atom stereocenters. The number of nitriles is 2. The lowest BCUT2D eigenvalue weighted by atomic mass is 10.1. The van der Waals surface area contributed by atoms with Gasteiger partial charge in [-0.05, 0) is 11.6 Å². The summed E-state index contributed by atoms with van der Waals surface area (Å²) in [7, 11) is 0. The van der Waals surface area contributed by atoms with E-state index in [-0.39, 0.29) is 23.0 Å². The number of aliphatic imine (C=N–C) groups is 2. The van der Waals surface area contributed by atoms with Crippen LogP contribution in [0, 0.1) is 22.7 Å². The highest BCUT2D eigenvalue weighted by molar-refractivity contribution is 6.65. The van der Waals surface area contributed by atoms with Crippen molar-refractivity contribution in [2.24, 2.45) is 15.7 Å². The topological polar surface area (TPSA) is 122 Å². The van der Waals surface area contributed by atoms with Crippen LogP contribution in [0.1, 0.15) is 6.42 Å². The Morgan fingerprint density at radius 3 is 2.83 bits per heavy atom. The Balaban J connectivity index is 2.94. The first-order valence-corrected chi connectivity index (χ1v) is 5.58. The number of amidine groups is 1. The van der Waals surface area contributed by atoms with E-state index in [1.54, 1.807) is 0 Å². The third kappa shape index (κ3) is 3.90. The van der Waals surface area contributed by atoms with Crippen molar-refractivity contribution >= 4 is 34.2 Å². The summed E-state index contributed by atoms with van der Waals surface area (Å²) in [4.78, 5) is 7.88. The van der Waals surface area contributed by atoms with Crippen LogP contribution in [0.15, 0.2) is 21.8 Å². The van der Waals surface area contributed by atoms with Gasteiger partial charge in [-0.2, -0.15) is 10.5 Å². The third-order valence-electron chi connectivity index (χ3n) is 1.91. The summed E-state index contributed by atoms with van der Waals surface area (Å²) in [5, 5.41) is 23.1. The quantitative estimate of drug-likeness (QED) is 0.298. The Morgan fingerprint density at radius 2 is 2.33 bits per heavy atom. The van der Waals surface area contributed by atoms with Crippen molar-refractivity contribution < 1.29 is 0 Å². The van der Waals surface area contributed by atoms with E-state index in [1.807, 2.05) is 12.1 Å². The standard InChI is InChI=1S/C9H9Cl2N7/c10-7-16-8(11)18-9(17-7)15-6(1-2-12)5(3-13)4-14/h3,7,9,17H,1,13H2,(H,16,18). The maximum Gasteiger partial charge on any atom is 0.196 e. The first kappa shape index (κ1) is 14.3. The molecule has 1 heterocycles. The molecule has 0 amide bonds. The van der Waals surface area contributed by atoms with Gasteiger partial charge in [-0.15, -0.1) is 0 Å². The number of hydrogen-bond donors (Lipinski definition) is 3. The average molecular weight is 286 g/mol. The van der Waals surface area contributed by atoms with Gasteiger partial charge in [0, 0.05) is 6.20 Å². The highest BCUT2D eigenvalue weighted by Gasteiger charge is 2.19. The van der Waals surface area contributed by atoms with E-state index in [9.17, 15) is 0 Å². The van der Waals surface area contributed by atoms with Crippen molar-refractivity contribution in [2.75, 3.05) is 0 Å². The highest BCUT2D eigenvalue weighted by Crippen LogP contribution is 2.07. The van der Waals surface area contributed by atoms with Crippen molar-refractivity contribution in [1.29, 1.82) is 10.5 Å². The molecule has 1 rings (SSSR count). The summed E-state index contributed by atoms with van der Waals surface area (Å²) < 4.78 is 0. The predicted octanol–water partition coefficient (Wildman–Crippen LogP) is 0.301. The highest BCUT2D eigenvalue weighted by atomic mass is 35.5. The molecule has 0 radical (unpaired) electrons. The van der Waals surface area contributed by atoms with E-state index in [1.165, 1.54) is 0 Å². The first-order chi connectivity index (χ1) is 8.60. The fourth-order valence-electron chi connectivity index (χ4n) is 1.17. The fraction of sp³-hybridized carbons (Fsp3) is 0.333. The van der Waals surface area contributed by atoms with Gasteiger partial charge in [0.25, 0.3) is 0 Å². The Morgan fingerprint density at radius 1 is 1.61 bits per heavy atom. The van der Waals surface area contributed by atoms with E-state index in [2.05, 4.69) is 20.6 Å². The van der Waals surface area contributed by atoms with Gasteiger partial charge in [0.05, 0.1) is 23.8 Å². The minimum atomic E-state index is -0.733. The van der Waals surface area contributed by atoms with E-state index >= 15 is 0 Å². The van der Waals surface area contributed by atoms with Crippen LogP contribution < -0.4 is 16.4 Å². The minimum absolute atomic E-state index is 0.0574. The zero-order valence-electron chi connectivity index (χ0n) is 9.06. The van der Waals surface area contributed by atoms with Crippen LogP contribution in [-0.2, 0) is 0 Å². The van der Waals surface area contributed by atoms with Gasteiger partial charge < -0.3 is 11.1 Å². The second-order valence-corrected chi connectivity index (χ2v) is 3.84. The molecule has 2 atom stereocenters. The van der Waals surface area contributed by atoms with Gasteiger partial charge in [0.2, 0.25) is 0 Å². The van der Waals surface area contributed by atoms with Crippen LogP contribution in [-0.4, -0.2) is 22.9 Å². The SMILES string of the molecule is N#CCC(=NC1NC(Cl)=NC(Cl)N1)C(C#N)=CN. The summed E-state index contributed by atoms with van der Waals surface area (Å²) in [6, 6.07) is 3.75. The summed E-state index contributed by atoms with van der Waals surface area (Å²) in [6.45, 7) is 0. The Hall–Kier alpha value is -1.80. The molecule has 1 aliphatic heterocycles. The number of nitrogens with one attached hydrogen (secondary N) is 2. The molecule has 0 bridgehead atoms. The van der Waals surface area contributed by atoms with Gasteiger partial charge >= 0.3 is 0 Å². The molecule has 0 aliphatic carbocycles. The molecule has 7 nitrogen and oxygen atoms in total. The third-order valence-corrected chi connectivity index (χ3v) is 2.34. The predicted molar refractivity (Wildman–Crippen MR) is 68.5 cm³/mol. The van der Waals surface area contributed by atoms with Crippen LogP contribution in [0.3, 0.4) is 0 Å². The van der Waals surface area contributed by atoms with Gasteiger partial charge in [-0.1, -0.05) is 11.6 Å². The molecule has 0 aromatic rings. The molecular weight excluding hydrogens is 277 g/mol. The summed E-state index contributed by atoms with van der Waals surface area (Å²) in [6.07, 6.45) is 0.356. The molecule has 0 aromatic heterocycles. The van der Waals surface area contributed by atoms with E-state index < -0.39 is 11.9 Å². The van der Waals surface area contributed by atoms with Gasteiger partial charge in [0.1, 0.15) is 6.07 Å². The lowest BCUT2D eigenvalue weighted by molar-refractivity contribution is 0.469. The number of nitrogens with zero attached hydrogens (tertiary/aromatic N) is 4. The number of nitrogens with two attached hydrogens (primary N) is 1. The van der Waals surface area contributed by atoms with Crippen LogP contribution in [0.25, 0.3) is 0 Å². The van der Waals surface area contributed by atoms with Crippen LogP contribution in [0.2, 0.25) is 0 Å². The number of allylic oxidation sites excluding steroid dienone is 1. The van der Waals surface area contributed by atoms with Crippen molar-refractivity contribution in [2.45, 2.75) is 18.3 Å². The summed E-state index contributed by atoms with van der Waals surface area (Å²) >= 11 is 11.4. The molecule has 1 aliphatic rings. The zero-order chi connectivity index (χ0) is 13.5. The lowest BCUT2D eigenvalue weighted by Gasteiger charge is -2.23. The van der Waals surface area contributed by atoms with Gasteiger partial charge in [0.15, 0.2) is 17.2 Å². The Kier molecular flexibility index (Phi) is 5.40. The second kappa shape index (κ2) is 6.82. The maximum absolute atomic E-state index is 8.85. The Bertz CT molecular complexity index is 482. The van der Waals surface area contributed by atoms with Crippen molar-refractivity contribution in [3.05, 3.63) is 11.8 Å². The molecular formula is C9H9Cl2N7. The average Bonchev–Trinajstić information content (AvgIpc) is 2.29. The van der Waals surface area contributed by atoms with Gasteiger partial charge in [-0.3, -0.25) is 0 Å².